The van der Waals surface area contributed by atoms with E-state index in [2.05, 4.69) is 20.9 Å². The number of nitrogens with two attached hydrogens (primary N) is 1. The molecule has 86 valence electrons. The van der Waals surface area contributed by atoms with Crippen molar-refractivity contribution in [2.24, 2.45) is 5.84 Å². The zero-order valence-corrected chi connectivity index (χ0v) is 9.16. The van der Waals surface area contributed by atoms with Crippen molar-refractivity contribution >= 4 is 11.7 Å². The minimum Gasteiger partial charge on any atom is -0.345 e. The van der Waals surface area contributed by atoms with E-state index in [0.29, 0.717) is 11.5 Å². The summed E-state index contributed by atoms with van der Waals surface area (Å²) in [7, 11) is 0. The molecule has 1 heterocycles. The largest absolute Gasteiger partial charge is 0.345 e. The van der Waals surface area contributed by atoms with Gasteiger partial charge in [0.05, 0.1) is 0 Å². The Morgan fingerprint density at radius 1 is 1.44 bits per heavy atom. The summed E-state index contributed by atoms with van der Waals surface area (Å²) in [5.41, 5.74) is 2.60. The average Bonchev–Trinajstić information content (AvgIpc) is 2.27. The van der Waals surface area contributed by atoms with Crippen LogP contribution in [0.3, 0.4) is 0 Å². The molecule has 0 radical (unpaired) electrons. The minimum absolute atomic E-state index is 0.0659. The summed E-state index contributed by atoms with van der Waals surface area (Å²) in [6, 6.07) is 3.21. The topological polar surface area (TPSA) is 92.9 Å². The molecular formula is C10H15N5O. The van der Waals surface area contributed by atoms with E-state index in [4.69, 9.17) is 5.84 Å². The lowest BCUT2D eigenvalue weighted by atomic mass is 9.78. The van der Waals surface area contributed by atoms with Gasteiger partial charge in [-0.15, -0.1) is 10.2 Å². The summed E-state index contributed by atoms with van der Waals surface area (Å²) in [5, 5.41) is 10.5. The molecule has 0 aliphatic heterocycles. The zero-order chi connectivity index (χ0) is 11.6. The first-order valence-electron chi connectivity index (χ1n) is 5.26. The first-order chi connectivity index (χ1) is 7.63. The number of nitrogen functional groups attached to an aromatic ring is 1. The van der Waals surface area contributed by atoms with Gasteiger partial charge in [0.15, 0.2) is 11.5 Å². The van der Waals surface area contributed by atoms with E-state index in [1.54, 1.807) is 12.1 Å². The van der Waals surface area contributed by atoms with E-state index in [1.165, 1.54) is 6.42 Å². The molecule has 16 heavy (non-hydrogen) atoms. The molecular weight excluding hydrogens is 206 g/mol. The van der Waals surface area contributed by atoms with Crippen LogP contribution in [0, 0.1) is 0 Å². The highest BCUT2D eigenvalue weighted by Crippen LogP contribution is 2.31. The fourth-order valence-electron chi connectivity index (χ4n) is 1.70. The van der Waals surface area contributed by atoms with Crippen LogP contribution in [0.15, 0.2) is 12.1 Å². The Bertz CT molecular complexity index is 385. The van der Waals surface area contributed by atoms with E-state index < -0.39 is 0 Å². The van der Waals surface area contributed by atoms with E-state index >= 15 is 0 Å². The number of rotatable bonds is 3. The number of aromatic nitrogens is 2. The molecule has 4 N–H and O–H groups in total. The number of hydrogen-bond donors (Lipinski definition) is 3. The zero-order valence-electron chi connectivity index (χ0n) is 9.16. The van der Waals surface area contributed by atoms with Gasteiger partial charge in [-0.1, -0.05) is 0 Å². The van der Waals surface area contributed by atoms with Crippen LogP contribution < -0.4 is 16.6 Å². The van der Waals surface area contributed by atoms with E-state index in [0.717, 1.165) is 12.8 Å². The number of anilines is 1. The van der Waals surface area contributed by atoms with Crippen molar-refractivity contribution in [3.8, 4) is 0 Å². The van der Waals surface area contributed by atoms with E-state index in [-0.39, 0.29) is 11.4 Å². The lowest BCUT2D eigenvalue weighted by molar-refractivity contribution is 0.0844. The molecule has 1 amide bonds. The first kappa shape index (κ1) is 10.8. The molecule has 0 unspecified atom stereocenters. The Morgan fingerprint density at radius 3 is 2.62 bits per heavy atom. The van der Waals surface area contributed by atoms with E-state index in [1.807, 2.05) is 6.92 Å². The Balaban J connectivity index is 2.03. The van der Waals surface area contributed by atoms with E-state index in [9.17, 15) is 4.79 Å². The average molecular weight is 221 g/mol. The predicted octanol–water partition coefficient (Wildman–Crippen LogP) is 0.435. The molecule has 6 nitrogen and oxygen atoms in total. The second-order valence-corrected chi connectivity index (χ2v) is 4.32. The summed E-state index contributed by atoms with van der Waals surface area (Å²) in [5.74, 6) is 5.41. The summed E-state index contributed by atoms with van der Waals surface area (Å²) >= 11 is 0. The molecule has 1 aromatic heterocycles. The van der Waals surface area contributed by atoms with Gasteiger partial charge in [0.2, 0.25) is 0 Å². The molecule has 0 aromatic carbocycles. The van der Waals surface area contributed by atoms with Crippen LogP contribution in [0.5, 0.6) is 0 Å². The van der Waals surface area contributed by atoms with Crippen molar-refractivity contribution in [2.75, 3.05) is 5.43 Å². The number of hydrogen-bond acceptors (Lipinski definition) is 5. The maximum absolute atomic E-state index is 11.8. The number of nitrogens with zero attached hydrogens (tertiary/aromatic N) is 2. The monoisotopic (exact) mass is 221 g/mol. The van der Waals surface area contributed by atoms with Crippen molar-refractivity contribution in [3.63, 3.8) is 0 Å². The van der Waals surface area contributed by atoms with Crippen LogP contribution in [0.25, 0.3) is 0 Å². The highest BCUT2D eigenvalue weighted by molar-refractivity contribution is 5.92. The molecule has 6 heteroatoms. The fourth-order valence-corrected chi connectivity index (χ4v) is 1.70. The van der Waals surface area contributed by atoms with Gasteiger partial charge in [0.25, 0.3) is 5.91 Å². The lowest BCUT2D eigenvalue weighted by Crippen LogP contribution is -2.51. The van der Waals surface area contributed by atoms with Crippen molar-refractivity contribution in [1.29, 1.82) is 0 Å². The number of nitrogens with one attached hydrogen (secondary N) is 2. The van der Waals surface area contributed by atoms with Crippen molar-refractivity contribution in [2.45, 2.75) is 31.7 Å². The molecule has 0 bridgehead atoms. The molecule has 0 saturated heterocycles. The summed E-state index contributed by atoms with van der Waals surface area (Å²) in [4.78, 5) is 11.8. The van der Waals surface area contributed by atoms with Crippen LogP contribution in [0.2, 0.25) is 0 Å². The maximum atomic E-state index is 11.8. The van der Waals surface area contributed by atoms with Crippen molar-refractivity contribution in [3.05, 3.63) is 17.8 Å². The summed E-state index contributed by atoms with van der Waals surface area (Å²) in [6.07, 6.45) is 3.21. The highest BCUT2D eigenvalue weighted by atomic mass is 16.2. The fraction of sp³-hybridized carbons (Fsp3) is 0.500. The van der Waals surface area contributed by atoms with Crippen molar-refractivity contribution < 1.29 is 4.79 Å². The predicted molar refractivity (Wildman–Crippen MR) is 59.6 cm³/mol. The van der Waals surface area contributed by atoms with Gasteiger partial charge in [-0.25, -0.2) is 5.84 Å². The van der Waals surface area contributed by atoms with Gasteiger partial charge in [0.1, 0.15) is 0 Å². The second-order valence-electron chi connectivity index (χ2n) is 4.32. The molecule has 1 fully saturated rings. The van der Waals surface area contributed by atoms with Crippen LogP contribution in [0.4, 0.5) is 5.82 Å². The van der Waals surface area contributed by atoms with Crippen LogP contribution in [-0.4, -0.2) is 21.6 Å². The quantitative estimate of drug-likeness (QED) is 0.508. The second kappa shape index (κ2) is 4.05. The Hall–Kier alpha value is -1.69. The van der Waals surface area contributed by atoms with Gasteiger partial charge in [-0.3, -0.25) is 4.79 Å². The molecule has 1 aliphatic rings. The summed E-state index contributed by atoms with van der Waals surface area (Å²) in [6.45, 7) is 2.04. The van der Waals surface area contributed by atoms with Crippen LogP contribution in [-0.2, 0) is 0 Å². The van der Waals surface area contributed by atoms with Gasteiger partial charge < -0.3 is 10.7 Å². The third-order valence-corrected chi connectivity index (χ3v) is 2.92. The normalized spacial score (nSPS) is 17.4. The standard InChI is InChI=1S/C10H15N5O/c1-10(5-2-6-10)12-9(16)7-3-4-8(13-11)15-14-7/h3-4H,2,5-6,11H2,1H3,(H,12,16)(H,13,15). The Labute approximate surface area is 93.6 Å². The smallest absolute Gasteiger partial charge is 0.272 e. The highest BCUT2D eigenvalue weighted by Gasteiger charge is 2.33. The number of carbonyl (C=O) groups is 1. The third-order valence-electron chi connectivity index (χ3n) is 2.92. The van der Waals surface area contributed by atoms with Gasteiger partial charge >= 0.3 is 0 Å². The molecule has 1 aromatic rings. The van der Waals surface area contributed by atoms with Gasteiger partial charge in [0, 0.05) is 5.54 Å². The minimum atomic E-state index is -0.182. The SMILES string of the molecule is CC1(NC(=O)c2ccc(NN)nn2)CCC1. The Morgan fingerprint density at radius 2 is 2.19 bits per heavy atom. The lowest BCUT2D eigenvalue weighted by Gasteiger charge is -2.38. The Kier molecular flexibility index (Phi) is 2.74. The molecule has 1 saturated carbocycles. The molecule has 0 atom stereocenters. The first-order valence-corrected chi connectivity index (χ1v) is 5.26. The van der Waals surface area contributed by atoms with Crippen molar-refractivity contribution in [1.82, 2.24) is 15.5 Å². The van der Waals surface area contributed by atoms with Gasteiger partial charge in [-0.2, -0.15) is 0 Å². The molecule has 2 rings (SSSR count). The van der Waals surface area contributed by atoms with Gasteiger partial charge in [-0.05, 0) is 38.3 Å². The third kappa shape index (κ3) is 2.11. The molecule has 1 aliphatic carbocycles. The molecule has 0 spiro atoms. The van der Waals surface area contributed by atoms with Crippen LogP contribution in [0.1, 0.15) is 36.7 Å². The maximum Gasteiger partial charge on any atom is 0.272 e. The number of hydrazine groups is 1. The summed E-state index contributed by atoms with van der Waals surface area (Å²) < 4.78 is 0. The number of carbonyl (C=O) groups excluding carboxylic acids is 1. The number of amides is 1. The van der Waals surface area contributed by atoms with Crippen LogP contribution >= 0.6 is 0 Å².